The van der Waals surface area contributed by atoms with E-state index in [2.05, 4.69) is 31.3 Å². The second-order valence-corrected chi connectivity index (χ2v) is 8.20. The quantitative estimate of drug-likeness (QED) is 0.395. The summed E-state index contributed by atoms with van der Waals surface area (Å²) >= 11 is 0. The predicted octanol–water partition coefficient (Wildman–Crippen LogP) is -3.08. The molecule has 1 aliphatic rings. The molecule has 1 aliphatic carbocycles. The Morgan fingerprint density at radius 2 is 2.00 bits per heavy atom. The number of hydrogen-bond acceptors (Lipinski definition) is 1. The van der Waals surface area contributed by atoms with E-state index in [9.17, 15) is 0 Å². The van der Waals surface area contributed by atoms with Gasteiger partial charge in [-0.2, -0.15) is 6.08 Å². The van der Waals surface area contributed by atoms with Crippen LogP contribution in [0.1, 0.15) is 12.8 Å². The van der Waals surface area contributed by atoms with E-state index >= 15 is 0 Å². The largest absolute Gasteiger partial charge is 3.00 e. The second-order valence-electron chi connectivity index (χ2n) is 3.77. The summed E-state index contributed by atoms with van der Waals surface area (Å²) in [5.74, 6) is 0. The van der Waals surface area contributed by atoms with E-state index in [-0.39, 0.29) is 46.5 Å². The van der Waals surface area contributed by atoms with E-state index in [1.54, 1.807) is 0 Å². The minimum atomic E-state index is -1.34. The molecule has 0 N–H and O–H groups in total. The van der Waals surface area contributed by atoms with Gasteiger partial charge in [0.25, 0.3) is 0 Å². The molecule has 1 nitrogen and oxygen atoms in total. The first-order valence-electron chi connectivity index (χ1n) is 4.45. The Hall–Kier alpha value is 0.951. The zero-order valence-corrected chi connectivity index (χ0v) is 13.5. The third-order valence-electron chi connectivity index (χ3n) is 2.31. The first-order chi connectivity index (χ1) is 5.64. The summed E-state index contributed by atoms with van der Waals surface area (Å²) in [4.78, 5) is 0. The van der Waals surface area contributed by atoms with Crippen molar-refractivity contribution in [3.05, 3.63) is 23.8 Å². The fraction of sp³-hybridized carbons (Fsp3) is 0.600. The zero-order valence-electron chi connectivity index (χ0n) is 9.44. The number of rotatable bonds is 4. The first-order valence-corrected chi connectivity index (χ1v) is 7.57. The topological polar surface area (TPSA) is 9.23 Å². The summed E-state index contributed by atoms with van der Waals surface area (Å²) in [6.07, 6.45) is 9.82. The first kappa shape index (κ1) is 21.3. The molecule has 0 aromatic carbocycles. The molecule has 15 heavy (non-hydrogen) atoms. The van der Waals surface area contributed by atoms with E-state index in [1.807, 2.05) is 7.11 Å². The molecule has 0 atom stereocenters. The van der Waals surface area contributed by atoms with Crippen molar-refractivity contribution < 1.29 is 51.0 Å². The maximum absolute atomic E-state index is 5.47. The number of halogens is 2. The van der Waals surface area contributed by atoms with Crippen molar-refractivity contribution in [3.8, 4) is 0 Å². The van der Waals surface area contributed by atoms with Gasteiger partial charge in [-0.25, -0.2) is 11.6 Å². The molecule has 0 saturated carbocycles. The molecule has 0 aromatic heterocycles. The van der Waals surface area contributed by atoms with Gasteiger partial charge in [0.2, 0.25) is 0 Å². The van der Waals surface area contributed by atoms with Crippen LogP contribution >= 0.6 is 0 Å². The third kappa shape index (κ3) is 8.73. The maximum atomic E-state index is 5.47. The van der Waals surface area contributed by atoms with Crippen LogP contribution in [-0.2, 0) is 26.1 Å². The van der Waals surface area contributed by atoms with Gasteiger partial charge in [-0.1, -0.05) is 6.42 Å². The van der Waals surface area contributed by atoms with Crippen LogP contribution in [0.4, 0.5) is 0 Å². The fourth-order valence-corrected chi connectivity index (χ4v) is 2.24. The van der Waals surface area contributed by atoms with Crippen LogP contribution in [0.5, 0.6) is 0 Å². The molecule has 0 aliphatic heterocycles. The standard InChI is InChI=1S/C10H17OSi.2ClH.Ti/c1-11-12(2,3)9-8-10-6-4-5-7-10;;;/h4,6H,5,8-9H2,1-3H3;2*1H;/q-1;;;+3/p-2. The van der Waals surface area contributed by atoms with Gasteiger partial charge in [-0.3, -0.25) is 6.08 Å². The predicted molar refractivity (Wildman–Crippen MR) is 54.4 cm³/mol. The Labute approximate surface area is 122 Å². The van der Waals surface area contributed by atoms with Crippen molar-refractivity contribution >= 4 is 8.32 Å². The van der Waals surface area contributed by atoms with Gasteiger partial charge in [0.05, 0.1) is 0 Å². The van der Waals surface area contributed by atoms with Crippen molar-refractivity contribution in [2.24, 2.45) is 0 Å². The van der Waals surface area contributed by atoms with Gasteiger partial charge in [-0.15, -0.1) is 6.42 Å². The average Bonchev–Trinajstić information content (AvgIpc) is 2.53. The Morgan fingerprint density at radius 1 is 1.40 bits per heavy atom. The summed E-state index contributed by atoms with van der Waals surface area (Å²) in [6.45, 7) is 4.51. The van der Waals surface area contributed by atoms with E-state index < -0.39 is 8.32 Å². The van der Waals surface area contributed by atoms with Gasteiger partial charge < -0.3 is 29.2 Å². The van der Waals surface area contributed by atoms with Crippen LogP contribution < -0.4 is 24.8 Å². The van der Waals surface area contributed by atoms with Crippen LogP contribution in [0.25, 0.3) is 0 Å². The molecular formula is C10H17Cl2OSiTi. The zero-order chi connectivity index (χ0) is 9.03. The Morgan fingerprint density at radius 3 is 2.40 bits per heavy atom. The maximum Gasteiger partial charge on any atom is 3.00 e. The van der Waals surface area contributed by atoms with Gasteiger partial charge in [-0.05, 0) is 19.1 Å². The molecular weight excluding hydrogens is 283 g/mol. The molecule has 0 fully saturated rings. The molecule has 0 saturated heterocycles. The second kappa shape index (κ2) is 10.1. The normalized spacial score (nSPS) is 13.4. The number of allylic oxidation sites excluding steroid dienone is 4. The van der Waals surface area contributed by atoms with Crippen LogP contribution in [0.3, 0.4) is 0 Å². The van der Waals surface area contributed by atoms with E-state index in [4.69, 9.17) is 4.43 Å². The average molecular weight is 300 g/mol. The van der Waals surface area contributed by atoms with Crippen molar-refractivity contribution in [2.75, 3.05) is 7.11 Å². The van der Waals surface area contributed by atoms with Gasteiger partial charge in [0.15, 0.2) is 8.32 Å². The van der Waals surface area contributed by atoms with E-state index in [0.29, 0.717) is 0 Å². The minimum absolute atomic E-state index is 0. The molecule has 85 valence electrons. The Bertz CT molecular complexity index is 217. The summed E-state index contributed by atoms with van der Waals surface area (Å²) in [7, 11) is 0.489. The van der Waals surface area contributed by atoms with Crippen LogP contribution in [-0.4, -0.2) is 15.4 Å². The van der Waals surface area contributed by atoms with E-state index in [1.165, 1.54) is 11.6 Å². The van der Waals surface area contributed by atoms with Crippen LogP contribution in [0.15, 0.2) is 17.7 Å². The van der Waals surface area contributed by atoms with Crippen molar-refractivity contribution in [1.29, 1.82) is 0 Å². The molecule has 0 bridgehead atoms. The summed E-state index contributed by atoms with van der Waals surface area (Å²) in [5, 5.41) is 0. The molecule has 1 rings (SSSR count). The summed E-state index contributed by atoms with van der Waals surface area (Å²) in [6, 6.07) is 1.20. The molecule has 0 aromatic rings. The van der Waals surface area contributed by atoms with Crippen LogP contribution in [0, 0.1) is 6.08 Å². The summed E-state index contributed by atoms with van der Waals surface area (Å²) < 4.78 is 5.47. The SMILES string of the molecule is CO[Si](C)(C)CCC1=[C-]CC=C1.[Cl-].[Cl-].[Ti+3]. The fourth-order valence-electron chi connectivity index (χ4n) is 1.16. The van der Waals surface area contributed by atoms with Gasteiger partial charge >= 0.3 is 21.7 Å². The molecule has 0 heterocycles. The molecule has 0 spiro atoms. The smallest absolute Gasteiger partial charge is 1.00 e. The molecule has 0 unspecified atom stereocenters. The number of hydrogen-bond donors (Lipinski definition) is 0. The molecule has 0 amide bonds. The molecule has 5 heteroatoms. The third-order valence-corrected chi connectivity index (χ3v) is 4.87. The summed E-state index contributed by atoms with van der Waals surface area (Å²) in [5.41, 5.74) is 1.37. The minimum Gasteiger partial charge on any atom is -1.00 e. The van der Waals surface area contributed by atoms with Crippen LogP contribution in [0.2, 0.25) is 19.1 Å². The monoisotopic (exact) mass is 299 g/mol. The van der Waals surface area contributed by atoms with Crippen molar-refractivity contribution in [1.82, 2.24) is 0 Å². The van der Waals surface area contributed by atoms with Gasteiger partial charge in [0, 0.05) is 7.11 Å². The van der Waals surface area contributed by atoms with Crippen molar-refractivity contribution in [3.63, 3.8) is 0 Å². The Kier molecular flexibility index (Phi) is 14.4. The Balaban J connectivity index is -0.000000480. The van der Waals surface area contributed by atoms with Crippen molar-refractivity contribution in [2.45, 2.75) is 32.0 Å². The molecule has 1 radical (unpaired) electrons. The van der Waals surface area contributed by atoms with Gasteiger partial charge in [0.1, 0.15) is 0 Å². The van der Waals surface area contributed by atoms with E-state index in [0.717, 1.165) is 12.8 Å².